The van der Waals surface area contributed by atoms with Crippen molar-refractivity contribution in [1.82, 2.24) is 5.32 Å². The summed E-state index contributed by atoms with van der Waals surface area (Å²) in [6.45, 7) is 0. The lowest BCUT2D eigenvalue weighted by molar-refractivity contribution is -0.116. The first kappa shape index (κ1) is 11.6. The van der Waals surface area contributed by atoms with E-state index in [0.717, 1.165) is 5.56 Å². The number of carbonyl (C=O) groups excluding carboxylic acids is 1. The average Bonchev–Trinajstić information content (AvgIpc) is 2.76. The van der Waals surface area contributed by atoms with E-state index in [0.29, 0.717) is 10.9 Å². The molecule has 0 radical (unpaired) electrons. The van der Waals surface area contributed by atoms with E-state index in [1.165, 1.54) is 11.8 Å². The molecule has 1 N–H and O–H groups in total. The monoisotopic (exact) mass is 245 g/mol. The van der Waals surface area contributed by atoms with E-state index in [1.807, 2.05) is 36.4 Å². The number of rotatable bonds is 3. The van der Waals surface area contributed by atoms with Crippen molar-refractivity contribution in [2.45, 2.75) is 0 Å². The predicted molar refractivity (Wildman–Crippen MR) is 72.0 cm³/mol. The Morgan fingerprint density at radius 3 is 2.82 bits per heavy atom. The van der Waals surface area contributed by atoms with Crippen LogP contribution in [-0.2, 0) is 4.79 Å². The van der Waals surface area contributed by atoms with E-state index in [4.69, 9.17) is 0 Å². The van der Waals surface area contributed by atoms with Crippen molar-refractivity contribution in [1.29, 1.82) is 0 Å². The Bertz CT molecular complexity index is 480. The Morgan fingerprint density at radius 2 is 2.12 bits per heavy atom. The highest BCUT2D eigenvalue weighted by Gasteiger charge is 2.15. The zero-order valence-corrected chi connectivity index (χ0v) is 9.85. The molecule has 1 aliphatic rings. The van der Waals surface area contributed by atoms with Gasteiger partial charge in [0.2, 0.25) is 5.91 Å². The number of amides is 1. The highest BCUT2D eigenvalue weighted by atomic mass is 32.2. The van der Waals surface area contributed by atoms with Crippen molar-refractivity contribution in [3.63, 3.8) is 0 Å². The zero-order chi connectivity index (χ0) is 11.9. The summed E-state index contributed by atoms with van der Waals surface area (Å²) in [6, 6.07) is 9.92. The van der Waals surface area contributed by atoms with Gasteiger partial charge in [-0.1, -0.05) is 48.2 Å². The molecule has 0 unspecified atom stereocenters. The molecule has 86 valence electrons. The minimum absolute atomic E-state index is 0.0243. The quantitative estimate of drug-likeness (QED) is 0.653. The lowest BCUT2D eigenvalue weighted by Crippen LogP contribution is -2.19. The molecule has 1 amide bonds. The van der Waals surface area contributed by atoms with Gasteiger partial charge in [0.25, 0.3) is 0 Å². The number of hydrogen-bond acceptors (Lipinski definition) is 4. The van der Waals surface area contributed by atoms with Crippen LogP contribution < -0.4 is 5.32 Å². The Hall–Kier alpha value is -1.88. The summed E-state index contributed by atoms with van der Waals surface area (Å²) in [7, 11) is 0. The van der Waals surface area contributed by atoms with Gasteiger partial charge in [-0.2, -0.15) is 5.10 Å². The van der Waals surface area contributed by atoms with Crippen LogP contribution in [0.5, 0.6) is 0 Å². The van der Waals surface area contributed by atoms with Crippen LogP contribution in [0.1, 0.15) is 5.56 Å². The van der Waals surface area contributed by atoms with Crippen LogP contribution in [-0.4, -0.2) is 23.0 Å². The van der Waals surface area contributed by atoms with E-state index in [-0.39, 0.29) is 5.91 Å². The number of allylic oxidation sites excluding steroid dienone is 1. The average molecular weight is 245 g/mol. The van der Waals surface area contributed by atoms with Crippen molar-refractivity contribution in [2.75, 3.05) is 5.75 Å². The number of carbonyl (C=O) groups is 1. The smallest absolute Gasteiger partial charge is 0.236 e. The number of nitrogens with one attached hydrogen (secondary N) is 1. The van der Waals surface area contributed by atoms with Gasteiger partial charge in [-0.25, -0.2) is 0 Å². The molecule has 0 aromatic heterocycles. The first-order valence-electron chi connectivity index (χ1n) is 5.10. The Balaban J connectivity index is 1.86. The van der Waals surface area contributed by atoms with Crippen LogP contribution in [0.4, 0.5) is 0 Å². The third kappa shape index (κ3) is 3.88. The summed E-state index contributed by atoms with van der Waals surface area (Å²) < 4.78 is 0. The van der Waals surface area contributed by atoms with E-state index in [2.05, 4.69) is 15.5 Å². The number of thioether (sulfide) groups is 1. The normalized spacial score (nSPS) is 18.4. The maximum atomic E-state index is 10.8. The fourth-order valence-corrected chi connectivity index (χ4v) is 1.85. The molecule has 4 nitrogen and oxygen atoms in total. The van der Waals surface area contributed by atoms with Crippen molar-refractivity contribution in [3.05, 3.63) is 42.0 Å². The molecule has 0 bridgehead atoms. The summed E-state index contributed by atoms with van der Waals surface area (Å²) in [6.07, 6.45) is 5.33. The van der Waals surface area contributed by atoms with Crippen molar-refractivity contribution in [3.8, 4) is 0 Å². The van der Waals surface area contributed by atoms with Crippen LogP contribution >= 0.6 is 11.8 Å². The van der Waals surface area contributed by atoms with E-state index in [1.54, 1.807) is 12.3 Å². The number of nitrogens with zero attached hydrogens (tertiary/aromatic N) is 2. The van der Waals surface area contributed by atoms with Crippen molar-refractivity contribution < 1.29 is 4.79 Å². The standard InChI is InChI=1S/C12H11N3OS/c16-11-9-17-12(14-11)15-13-8-4-7-10-5-2-1-3-6-10/h1-8H,9H2,(H,14,15,16)/b7-4+,13-8+. The summed E-state index contributed by atoms with van der Waals surface area (Å²) in [5.74, 6) is 0.401. The van der Waals surface area contributed by atoms with Gasteiger partial charge in [0.05, 0.1) is 5.75 Å². The second-order valence-electron chi connectivity index (χ2n) is 3.28. The molecule has 1 fully saturated rings. The third-order valence-electron chi connectivity index (χ3n) is 1.98. The SMILES string of the molecule is O=C1CS/C(=N/N=C/C=C/c2ccccc2)N1. The highest BCUT2D eigenvalue weighted by Crippen LogP contribution is 2.08. The molecule has 0 atom stereocenters. The van der Waals surface area contributed by atoms with Crippen molar-refractivity contribution in [2.24, 2.45) is 10.2 Å². The maximum absolute atomic E-state index is 10.8. The van der Waals surface area contributed by atoms with Gasteiger partial charge >= 0.3 is 0 Å². The van der Waals surface area contributed by atoms with Gasteiger partial charge in [-0.3, -0.25) is 4.79 Å². The second kappa shape index (κ2) is 6.00. The van der Waals surface area contributed by atoms with Crippen LogP contribution in [0.3, 0.4) is 0 Å². The molecular formula is C12H11N3OS. The van der Waals surface area contributed by atoms with Crippen molar-refractivity contribution >= 4 is 35.1 Å². The summed E-state index contributed by atoms with van der Waals surface area (Å²) >= 11 is 1.36. The van der Waals surface area contributed by atoms with Crippen LogP contribution in [0, 0.1) is 0 Å². The van der Waals surface area contributed by atoms with Crippen LogP contribution in [0.15, 0.2) is 46.6 Å². The molecule has 1 saturated heterocycles. The van der Waals surface area contributed by atoms with Crippen LogP contribution in [0.25, 0.3) is 6.08 Å². The first-order valence-corrected chi connectivity index (χ1v) is 6.08. The van der Waals surface area contributed by atoms with E-state index in [9.17, 15) is 4.79 Å². The second-order valence-corrected chi connectivity index (χ2v) is 4.24. The lowest BCUT2D eigenvalue weighted by atomic mass is 10.2. The maximum Gasteiger partial charge on any atom is 0.236 e. The Kier molecular flexibility index (Phi) is 4.10. The minimum atomic E-state index is -0.0243. The Morgan fingerprint density at radius 1 is 1.29 bits per heavy atom. The lowest BCUT2D eigenvalue weighted by Gasteiger charge is -1.89. The molecule has 2 rings (SSSR count). The van der Waals surface area contributed by atoms with Gasteiger partial charge in [0.15, 0.2) is 5.17 Å². The molecule has 1 heterocycles. The highest BCUT2D eigenvalue weighted by molar-refractivity contribution is 8.15. The molecule has 1 aromatic carbocycles. The van der Waals surface area contributed by atoms with Gasteiger partial charge in [-0.05, 0) is 11.6 Å². The molecule has 17 heavy (non-hydrogen) atoms. The predicted octanol–water partition coefficient (Wildman–Crippen LogP) is 1.90. The molecule has 1 aromatic rings. The summed E-state index contributed by atoms with van der Waals surface area (Å²) in [4.78, 5) is 10.8. The molecule has 0 saturated carbocycles. The molecule has 5 heteroatoms. The minimum Gasteiger partial charge on any atom is -0.303 e. The molecule has 0 spiro atoms. The zero-order valence-electron chi connectivity index (χ0n) is 9.04. The number of hydrogen-bond donors (Lipinski definition) is 1. The van der Waals surface area contributed by atoms with Crippen LogP contribution in [0.2, 0.25) is 0 Å². The fraction of sp³-hybridized carbons (Fsp3) is 0.0833. The summed E-state index contributed by atoms with van der Waals surface area (Å²) in [5.41, 5.74) is 1.11. The topological polar surface area (TPSA) is 53.8 Å². The van der Waals surface area contributed by atoms with E-state index >= 15 is 0 Å². The van der Waals surface area contributed by atoms with Gasteiger partial charge in [0.1, 0.15) is 0 Å². The molecule has 0 aliphatic carbocycles. The molecular weight excluding hydrogens is 234 g/mol. The summed E-state index contributed by atoms with van der Waals surface area (Å²) in [5, 5.41) is 10.9. The number of amidine groups is 1. The largest absolute Gasteiger partial charge is 0.303 e. The fourth-order valence-electron chi connectivity index (χ4n) is 1.22. The van der Waals surface area contributed by atoms with Gasteiger partial charge in [0, 0.05) is 6.21 Å². The van der Waals surface area contributed by atoms with Gasteiger partial charge in [-0.15, -0.1) is 5.10 Å². The number of benzene rings is 1. The third-order valence-corrected chi connectivity index (χ3v) is 2.84. The van der Waals surface area contributed by atoms with Gasteiger partial charge < -0.3 is 5.32 Å². The Labute approximate surface area is 104 Å². The molecule has 1 aliphatic heterocycles. The first-order chi connectivity index (χ1) is 8.34. The van der Waals surface area contributed by atoms with E-state index < -0.39 is 0 Å².